The van der Waals surface area contributed by atoms with Crippen LogP contribution in [0.1, 0.15) is 25.0 Å². The van der Waals surface area contributed by atoms with Crippen molar-refractivity contribution in [2.24, 2.45) is 5.92 Å². The summed E-state index contributed by atoms with van der Waals surface area (Å²) < 4.78 is 18.0. The van der Waals surface area contributed by atoms with Crippen molar-refractivity contribution in [3.05, 3.63) is 34.6 Å². The van der Waals surface area contributed by atoms with Gasteiger partial charge in [0.05, 0.1) is 6.10 Å². The maximum Gasteiger partial charge on any atom is 0.123 e. The van der Waals surface area contributed by atoms with Crippen LogP contribution in [0.5, 0.6) is 0 Å². The van der Waals surface area contributed by atoms with E-state index in [2.05, 4.69) is 0 Å². The Morgan fingerprint density at radius 2 is 2.19 bits per heavy atom. The lowest BCUT2D eigenvalue weighted by Gasteiger charge is -2.17. The van der Waals surface area contributed by atoms with Gasteiger partial charge >= 0.3 is 0 Å². The van der Waals surface area contributed by atoms with E-state index in [4.69, 9.17) is 16.3 Å². The highest BCUT2D eigenvalue weighted by Crippen LogP contribution is 2.28. The molecule has 0 aliphatic heterocycles. The van der Waals surface area contributed by atoms with E-state index >= 15 is 0 Å². The minimum atomic E-state index is -0.756. The van der Waals surface area contributed by atoms with Gasteiger partial charge in [-0.15, -0.1) is 0 Å². The van der Waals surface area contributed by atoms with Crippen molar-refractivity contribution in [2.45, 2.75) is 19.4 Å². The summed E-state index contributed by atoms with van der Waals surface area (Å²) in [5.74, 6) is -0.197. The van der Waals surface area contributed by atoms with Crippen LogP contribution in [0.25, 0.3) is 0 Å². The minimum Gasteiger partial charge on any atom is -0.388 e. The number of benzene rings is 1. The van der Waals surface area contributed by atoms with Crippen molar-refractivity contribution < 1.29 is 14.2 Å². The fourth-order valence-corrected chi connectivity index (χ4v) is 1.87. The first-order valence-corrected chi connectivity index (χ1v) is 5.54. The first-order chi connectivity index (χ1) is 7.54. The summed E-state index contributed by atoms with van der Waals surface area (Å²) in [7, 11) is 1.61. The molecule has 4 heteroatoms. The van der Waals surface area contributed by atoms with Gasteiger partial charge in [-0.2, -0.15) is 0 Å². The zero-order chi connectivity index (χ0) is 12.1. The Morgan fingerprint density at radius 1 is 1.50 bits per heavy atom. The van der Waals surface area contributed by atoms with Gasteiger partial charge in [-0.05, 0) is 30.5 Å². The summed E-state index contributed by atoms with van der Waals surface area (Å²) in [6.45, 7) is 2.52. The molecule has 1 rings (SSSR count). The Hall–Kier alpha value is -0.640. The van der Waals surface area contributed by atoms with E-state index < -0.39 is 11.9 Å². The second-order valence-corrected chi connectivity index (χ2v) is 4.39. The van der Waals surface area contributed by atoms with Gasteiger partial charge in [-0.25, -0.2) is 4.39 Å². The number of aliphatic hydroxyl groups excluding tert-OH is 1. The highest BCUT2D eigenvalue weighted by Gasteiger charge is 2.15. The molecular formula is C12H16ClFO2. The van der Waals surface area contributed by atoms with E-state index in [9.17, 15) is 9.50 Å². The van der Waals surface area contributed by atoms with Gasteiger partial charge in [-0.1, -0.05) is 18.5 Å². The normalized spacial score (nSPS) is 14.8. The molecule has 1 aromatic carbocycles. The molecule has 16 heavy (non-hydrogen) atoms. The van der Waals surface area contributed by atoms with Gasteiger partial charge in [0, 0.05) is 24.3 Å². The molecule has 0 amide bonds. The molecule has 0 radical (unpaired) electrons. The lowest BCUT2D eigenvalue weighted by atomic mass is 9.99. The summed E-state index contributed by atoms with van der Waals surface area (Å²) >= 11 is 5.89. The predicted octanol–water partition coefficient (Wildman–Crippen LogP) is 3.19. The molecule has 0 spiro atoms. The van der Waals surface area contributed by atoms with Crippen molar-refractivity contribution in [1.82, 2.24) is 0 Å². The van der Waals surface area contributed by atoms with Crippen LogP contribution in [-0.2, 0) is 4.74 Å². The third-order valence-electron chi connectivity index (χ3n) is 2.39. The van der Waals surface area contributed by atoms with Crippen molar-refractivity contribution in [3.63, 3.8) is 0 Å². The molecule has 1 N–H and O–H groups in total. The van der Waals surface area contributed by atoms with E-state index in [-0.39, 0.29) is 5.92 Å². The number of rotatable bonds is 5. The Morgan fingerprint density at radius 3 is 2.81 bits per heavy atom. The molecule has 2 nitrogen and oxygen atoms in total. The van der Waals surface area contributed by atoms with Crippen LogP contribution in [0, 0.1) is 11.7 Å². The van der Waals surface area contributed by atoms with Gasteiger partial charge in [0.15, 0.2) is 0 Å². The third-order valence-corrected chi connectivity index (χ3v) is 2.74. The molecule has 0 heterocycles. The fraction of sp³-hybridized carbons (Fsp3) is 0.500. The topological polar surface area (TPSA) is 29.5 Å². The average molecular weight is 247 g/mol. The molecule has 1 aromatic rings. The van der Waals surface area contributed by atoms with Crippen LogP contribution in [0.3, 0.4) is 0 Å². The van der Waals surface area contributed by atoms with Gasteiger partial charge in [0.2, 0.25) is 0 Å². The summed E-state index contributed by atoms with van der Waals surface area (Å²) in [4.78, 5) is 0. The average Bonchev–Trinajstić information content (AvgIpc) is 2.21. The zero-order valence-electron chi connectivity index (χ0n) is 9.41. The number of hydrogen-bond acceptors (Lipinski definition) is 2. The zero-order valence-corrected chi connectivity index (χ0v) is 10.2. The monoisotopic (exact) mass is 246 g/mol. The summed E-state index contributed by atoms with van der Waals surface area (Å²) in [5.41, 5.74) is 0.435. The van der Waals surface area contributed by atoms with Crippen LogP contribution in [0.15, 0.2) is 18.2 Å². The lowest BCUT2D eigenvalue weighted by Crippen LogP contribution is -2.10. The maximum atomic E-state index is 13.0. The van der Waals surface area contributed by atoms with Crippen molar-refractivity contribution in [1.29, 1.82) is 0 Å². The Bertz CT molecular complexity index is 344. The van der Waals surface area contributed by atoms with E-state index in [1.165, 1.54) is 18.2 Å². The number of methoxy groups -OCH3 is 1. The molecule has 0 saturated heterocycles. The fourth-order valence-electron chi connectivity index (χ4n) is 1.63. The van der Waals surface area contributed by atoms with Crippen molar-refractivity contribution >= 4 is 11.6 Å². The lowest BCUT2D eigenvalue weighted by molar-refractivity contribution is 0.102. The first-order valence-electron chi connectivity index (χ1n) is 5.16. The number of aliphatic hydroxyl groups is 1. The molecule has 0 aliphatic rings. The number of hydrogen-bond donors (Lipinski definition) is 1. The standard InChI is InChI=1S/C12H16ClFO2/c1-8(7-16-2)5-12(15)10-6-9(14)3-4-11(10)13/h3-4,6,8,12,15H,5,7H2,1-2H3. The molecule has 0 saturated carbocycles. The minimum absolute atomic E-state index is 0.194. The van der Waals surface area contributed by atoms with E-state index in [0.29, 0.717) is 23.6 Å². The van der Waals surface area contributed by atoms with Crippen LogP contribution < -0.4 is 0 Å². The summed E-state index contributed by atoms with van der Waals surface area (Å²) in [6.07, 6.45) is -0.259. The van der Waals surface area contributed by atoms with Gasteiger partial charge in [0.1, 0.15) is 5.82 Å². The Balaban J connectivity index is 2.72. The second kappa shape index (κ2) is 6.18. The van der Waals surface area contributed by atoms with Crippen LogP contribution in [0.4, 0.5) is 4.39 Å². The van der Waals surface area contributed by atoms with Crippen LogP contribution in [0.2, 0.25) is 5.02 Å². The smallest absolute Gasteiger partial charge is 0.123 e. The van der Waals surface area contributed by atoms with Crippen LogP contribution in [-0.4, -0.2) is 18.8 Å². The number of ether oxygens (including phenoxy) is 1. The largest absolute Gasteiger partial charge is 0.388 e. The summed E-state index contributed by atoms with van der Waals surface area (Å²) in [5, 5.41) is 10.3. The quantitative estimate of drug-likeness (QED) is 0.865. The van der Waals surface area contributed by atoms with Gasteiger partial charge < -0.3 is 9.84 Å². The second-order valence-electron chi connectivity index (χ2n) is 3.98. The van der Waals surface area contributed by atoms with Crippen molar-refractivity contribution in [2.75, 3.05) is 13.7 Å². The first kappa shape index (κ1) is 13.4. The molecule has 2 atom stereocenters. The van der Waals surface area contributed by atoms with E-state index in [1.54, 1.807) is 7.11 Å². The van der Waals surface area contributed by atoms with Gasteiger partial charge in [-0.3, -0.25) is 0 Å². The van der Waals surface area contributed by atoms with Gasteiger partial charge in [0.25, 0.3) is 0 Å². The molecule has 2 unspecified atom stereocenters. The summed E-state index contributed by atoms with van der Waals surface area (Å²) in [6, 6.07) is 4.00. The Kier molecular flexibility index (Phi) is 5.19. The Labute approximate surface area is 100.0 Å². The van der Waals surface area contributed by atoms with E-state index in [0.717, 1.165) is 0 Å². The molecule has 0 aliphatic carbocycles. The highest BCUT2D eigenvalue weighted by atomic mass is 35.5. The molecule has 90 valence electrons. The predicted molar refractivity (Wildman–Crippen MR) is 62.0 cm³/mol. The third kappa shape index (κ3) is 3.74. The maximum absolute atomic E-state index is 13.0. The SMILES string of the molecule is COCC(C)CC(O)c1cc(F)ccc1Cl. The highest BCUT2D eigenvalue weighted by molar-refractivity contribution is 6.31. The van der Waals surface area contributed by atoms with Crippen LogP contribution >= 0.6 is 11.6 Å². The molecule has 0 fully saturated rings. The molecule has 0 aromatic heterocycles. The molecule has 0 bridgehead atoms. The van der Waals surface area contributed by atoms with Crippen molar-refractivity contribution in [3.8, 4) is 0 Å². The van der Waals surface area contributed by atoms with E-state index in [1.807, 2.05) is 6.92 Å². The molecular weight excluding hydrogens is 231 g/mol. The number of halogens is 2.